The van der Waals surface area contributed by atoms with Crippen LogP contribution in [0.15, 0.2) is 100 Å². The Morgan fingerprint density at radius 2 is 1.74 bits per heavy atom. The zero-order chi connectivity index (χ0) is 33.0. The molecule has 1 aliphatic heterocycles. The van der Waals surface area contributed by atoms with E-state index in [1.54, 1.807) is 74.5 Å². The number of thiazole rings is 1. The van der Waals surface area contributed by atoms with Crippen LogP contribution >= 0.6 is 11.3 Å². The second-order valence-corrected chi connectivity index (χ2v) is 10.8. The quantitative estimate of drug-likeness (QED) is 0.0950. The first kappa shape index (κ1) is 31.5. The molecular weight excluding hydrogens is 616 g/mol. The van der Waals surface area contributed by atoms with E-state index in [0.717, 1.165) is 29.5 Å². The van der Waals surface area contributed by atoms with E-state index in [4.69, 9.17) is 14.2 Å². The lowest BCUT2D eigenvalue weighted by Gasteiger charge is -2.24. The van der Waals surface area contributed by atoms with Crippen molar-refractivity contribution >= 4 is 34.8 Å². The average Bonchev–Trinajstić information content (AvgIpc) is 3.34. The van der Waals surface area contributed by atoms with E-state index in [-0.39, 0.29) is 29.2 Å². The normalized spacial score (nSPS) is 14.2. The Kier molecular flexibility index (Phi) is 9.18. The molecule has 0 unspecified atom stereocenters. The van der Waals surface area contributed by atoms with Crippen LogP contribution in [0.5, 0.6) is 17.2 Å². The Morgan fingerprint density at radius 3 is 2.37 bits per heavy atom. The molecule has 1 atom stereocenters. The van der Waals surface area contributed by atoms with Crippen LogP contribution in [0.3, 0.4) is 0 Å². The summed E-state index contributed by atoms with van der Waals surface area (Å²) in [6.07, 6.45) is 3.29. The Hall–Kier alpha value is -5.89. The van der Waals surface area contributed by atoms with E-state index >= 15 is 0 Å². The second kappa shape index (κ2) is 13.4. The highest BCUT2D eigenvalue weighted by molar-refractivity contribution is 7.07. The van der Waals surface area contributed by atoms with E-state index < -0.39 is 33.2 Å². The van der Waals surface area contributed by atoms with Crippen molar-refractivity contribution in [2.75, 3.05) is 13.2 Å². The molecule has 2 heterocycles. The summed E-state index contributed by atoms with van der Waals surface area (Å²) in [7, 11) is 0. The summed E-state index contributed by atoms with van der Waals surface area (Å²) in [4.78, 5) is 53.0. The van der Waals surface area contributed by atoms with Crippen LogP contribution in [0.25, 0.3) is 6.08 Å². The maximum atomic E-state index is 13.9. The zero-order valence-corrected chi connectivity index (χ0v) is 25.4. The third-order valence-electron chi connectivity index (χ3n) is 6.84. The number of benzene rings is 3. The van der Waals surface area contributed by atoms with Gasteiger partial charge < -0.3 is 14.2 Å². The van der Waals surface area contributed by atoms with Crippen molar-refractivity contribution in [3.05, 3.63) is 142 Å². The smallest absolute Gasteiger partial charge is 0.338 e. The van der Waals surface area contributed by atoms with Gasteiger partial charge in [0, 0.05) is 6.07 Å². The fraction of sp³-hybridized carbons (Fsp3) is 0.156. The van der Waals surface area contributed by atoms with Crippen molar-refractivity contribution in [2.45, 2.75) is 19.9 Å². The van der Waals surface area contributed by atoms with Crippen molar-refractivity contribution in [1.82, 2.24) is 4.57 Å². The lowest BCUT2D eigenvalue weighted by molar-refractivity contribution is -0.394. The number of nitro groups is 2. The molecule has 0 aliphatic carbocycles. The van der Waals surface area contributed by atoms with Crippen LogP contribution in [0.1, 0.15) is 31.0 Å². The van der Waals surface area contributed by atoms with Gasteiger partial charge in [-0.1, -0.05) is 48.3 Å². The SMILES string of the molecule is C=CCOc1ccc([C@@H]2C(C(=O)OCC)=C(C)N=c3s/c(=C\c4ccc(Oc5ccc([N+](=O)[O-])cc5[N+](=O)[O-])cc4)c(=O)n32)cc1. The third-order valence-corrected chi connectivity index (χ3v) is 7.82. The van der Waals surface area contributed by atoms with Gasteiger partial charge in [-0.2, -0.15) is 0 Å². The largest absolute Gasteiger partial charge is 0.490 e. The highest BCUT2D eigenvalue weighted by Gasteiger charge is 2.33. The molecule has 14 heteroatoms. The first-order chi connectivity index (χ1) is 22.1. The number of nitrogens with zero attached hydrogens (tertiary/aromatic N) is 4. The summed E-state index contributed by atoms with van der Waals surface area (Å²) >= 11 is 1.16. The maximum Gasteiger partial charge on any atom is 0.338 e. The number of ether oxygens (including phenoxy) is 3. The van der Waals surface area contributed by atoms with Crippen molar-refractivity contribution in [3.8, 4) is 17.2 Å². The Balaban J connectivity index is 1.50. The molecule has 4 aromatic rings. The lowest BCUT2D eigenvalue weighted by atomic mass is 9.96. The number of carbonyl (C=O) groups is 1. The van der Waals surface area contributed by atoms with Gasteiger partial charge in [0.1, 0.15) is 18.1 Å². The number of allylic oxidation sites excluding steroid dienone is 1. The molecule has 0 saturated carbocycles. The summed E-state index contributed by atoms with van der Waals surface area (Å²) in [5.41, 5.74) is 0.627. The molecule has 1 aromatic heterocycles. The van der Waals surface area contributed by atoms with Crippen molar-refractivity contribution in [2.24, 2.45) is 4.99 Å². The molecule has 234 valence electrons. The number of fused-ring (bicyclic) bond motifs is 1. The number of nitro benzene ring substituents is 2. The number of carbonyl (C=O) groups excluding carboxylic acids is 1. The van der Waals surface area contributed by atoms with Crippen LogP contribution in [0.2, 0.25) is 0 Å². The van der Waals surface area contributed by atoms with E-state index in [9.17, 15) is 29.8 Å². The van der Waals surface area contributed by atoms with Gasteiger partial charge in [0.2, 0.25) is 5.75 Å². The van der Waals surface area contributed by atoms with Crippen molar-refractivity contribution < 1.29 is 28.9 Å². The Labute approximate surface area is 264 Å². The Bertz CT molecular complexity index is 2060. The standard InChI is InChI=1S/C32H26N4O9S/c1-4-16-44-23-13-8-21(9-14-23)29-28(31(38)43-5-2)19(3)33-32-34(29)30(37)27(46-32)17-20-6-11-24(12-7-20)45-26-15-10-22(35(39)40)18-25(26)36(41)42/h4,6-15,17-18,29H,1,5,16H2,2-3H3/b27-17-/t29-/m1/s1. The molecule has 13 nitrogen and oxygen atoms in total. The molecular formula is C32H26N4O9S. The summed E-state index contributed by atoms with van der Waals surface area (Å²) in [5.74, 6) is 0.111. The molecule has 0 radical (unpaired) electrons. The van der Waals surface area contributed by atoms with Gasteiger partial charge in [-0.3, -0.25) is 29.6 Å². The minimum Gasteiger partial charge on any atom is -0.490 e. The van der Waals surface area contributed by atoms with E-state index in [0.29, 0.717) is 38.5 Å². The summed E-state index contributed by atoms with van der Waals surface area (Å²) in [6.45, 7) is 7.52. The van der Waals surface area contributed by atoms with E-state index in [2.05, 4.69) is 11.6 Å². The third kappa shape index (κ3) is 6.46. The monoisotopic (exact) mass is 642 g/mol. The molecule has 5 rings (SSSR count). The molecule has 1 aliphatic rings. The van der Waals surface area contributed by atoms with E-state index in [1.807, 2.05) is 0 Å². The Morgan fingerprint density at radius 1 is 1.04 bits per heavy atom. The first-order valence-corrected chi connectivity index (χ1v) is 14.7. The fourth-order valence-corrected chi connectivity index (χ4v) is 5.81. The highest BCUT2D eigenvalue weighted by atomic mass is 32.1. The van der Waals surface area contributed by atoms with Crippen molar-refractivity contribution in [3.63, 3.8) is 0 Å². The molecule has 0 saturated heterocycles. The maximum absolute atomic E-state index is 13.9. The number of aromatic nitrogens is 1. The van der Waals surface area contributed by atoms with Crippen LogP contribution in [0, 0.1) is 20.2 Å². The topological polar surface area (TPSA) is 165 Å². The molecule has 46 heavy (non-hydrogen) atoms. The molecule has 0 fully saturated rings. The van der Waals surface area contributed by atoms with Gasteiger partial charge in [-0.25, -0.2) is 9.79 Å². The van der Waals surface area contributed by atoms with Crippen LogP contribution in [0.4, 0.5) is 11.4 Å². The first-order valence-electron chi connectivity index (χ1n) is 13.8. The van der Waals surface area contributed by atoms with Gasteiger partial charge in [-0.15, -0.1) is 0 Å². The number of hydrogen-bond donors (Lipinski definition) is 0. The van der Waals surface area contributed by atoms with Gasteiger partial charge >= 0.3 is 11.7 Å². The second-order valence-electron chi connectivity index (χ2n) is 9.81. The van der Waals surface area contributed by atoms with E-state index in [1.165, 1.54) is 4.57 Å². The van der Waals surface area contributed by atoms with Crippen LogP contribution < -0.4 is 24.4 Å². The van der Waals surface area contributed by atoms with Gasteiger partial charge in [-0.05, 0) is 61.4 Å². The summed E-state index contributed by atoms with van der Waals surface area (Å²) in [6, 6.07) is 15.8. The minimum atomic E-state index is -0.792. The molecule has 0 amide bonds. The van der Waals surface area contributed by atoms with Gasteiger partial charge in [0.25, 0.3) is 11.2 Å². The lowest BCUT2D eigenvalue weighted by Crippen LogP contribution is -2.39. The van der Waals surface area contributed by atoms with Crippen LogP contribution in [-0.2, 0) is 9.53 Å². The summed E-state index contributed by atoms with van der Waals surface area (Å²) in [5, 5.41) is 22.5. The predicted molar refractivity (Wildman–Crippen MR) is 169 cm³/mol. The van der Waals surface area contributed by atoms with Gasteiger partial charge in [0.05, 0.1) is 44.4 Å². The van der Waals surface area contributed by atoms with Crippen LogP contribution in [-0.4, -0.2) is 33.6 Å². The molecule has 0 N–H and O–H groups in total. The minimum absolute atomic E-state index is 0.151. The average molecular weight is 643 g/mol. The highest BCUT2D eigenvalue weighted by Crippen LogP contribution is 2.35. The van der Waals surface area contributed by atoms with Crippen molar-refractivity contribution in [1.29, 1.82) is 0 Å². The number of non-ortho nitro benzene ring substituents is 1. The molecule has 3 aromatic carbocycles. The van der Waals surface area contributed by atoms with Gasteiger partial charge in [0.15, 0.2) is 4.80 Å². The summed E-state index contributed by atoms with van der Waals surface area (Å²) < 4.78 is 18.4. The number of rotatable bonds is 11. The fourth-order valence-electron chi connectivity index (χ4n) is 4.77. The zero-order valence-electron chi connectivity index (χ0n) is 24.6. The number of esters is 1. The molecule has 0 spiro atoms. The number of hydrogen-bond acceptors (Lipinski definition) is 11. The predicted octanol–water partition coefficient (Wildman–Crippen LogP) is 4.97. The molecule has 0 bridgehead atoms.